The molecule has 0 amide bonds. The SMILES string of the molecule is c1ccc(-c2nc(-n3c4ccccc4c4c5c6ccccc6n6c7c8ccccc8ccc7c(cc43)c56)nc3ccccc23)cc1. The van der Waals surface area contributed by atoms with Crippen LogP contribution in [0.3, 0.4) is 0 Å². The van der Waals surface area contributed by atoms with E-state index in [-0.39, 0.29) is 0 Å². The molecule has 0 unspecified atom stereocenters. The minimum Gasteiger partial charge on any atom is -0.307 e. The molecule has 4 nitrogen and oxygen atoms in total. The molecule has 0 spiro atoms. The molecule has 4 heterocycles. The van der Waals surface area contributed by atoms with Crippen LogP contribution in [0, 0.1) is 0 Å². The summed E-state index contributed by atoms with van der Waals surface area (Å²) in [6, 6.07) is 52.0. The fourth-order valence-electron chi connectivity index (χ4n) is 7.96. The normalized spacial score (nSPS) is 12.3. The van der Waals surface area contributed by atoms with Crippen molar-refractivity contribution in [3.63, 3.8) is 0 Å². The molecule has 0 aliphatic heterocycles. The summed E-state index contributed by atoms with van der Waals surface area (Å²) in [6.07, 6.45) is 0. The van der Waals surface area contributed by atoms with E-state index in [1.807, 2.05) is 6.07 Å². The number of benzene rings is 7. The Morgan fingerprint density at radius 3 is 1.93 bits per heavy atom. The molecule has 4 aromatic heterocycles. The maximum atomic E-state index is 5.34. The number of hydrogen-bond acceptors (Lipinski definition) is 2. The first-order valence-electron chi connectivity index (χ1n) is 15.7. The number of fused-ring (bicyclic) bond motifs is 13. The second-order valence-electron chi connectivity index (χ2n) is 12.2. The van der Waals surface area contributed by atoms with E-state index in [0.29, 0.717) is 5.95 Å². The van der Waals surface area contributed by atoms with Crippen LogP contribution in [0.15, 0.2) is 146 Å². The van der Waals surface area contributed by atoms with Crippen LogP contribution >= 0.6 is 0 Å². The molecule has 212 valence electrons. The Balaban J connectivity index is 1.38. The van der Waals surface area contributed by atoms with Crippen molar-refractivity contribution in [2.45, 2.75) is 0 Å². The van der Waals surface area contributed by atoms with E-state index in [0.717, 1.165) is 33.2 Å². The quantitative estimate of drug-likeness (QED) is 0.203. The van der Waals surface area contributed by atoms with E-state index in [1.54, 1.807) is 0 Å². The van der Waals surface area contributed by atoms with Gasteiger partial charge in [-0.3, -0.25) is 4.57 Å². The summed E-state index contributed by atoms with van der Waals surface area (Å²) in [6.45, 7) is 0. The van der Waals surface area contributed by atoms with Crippen LogP contribution in [0.1, 0.15) is 0 Å². The molecule has 0 radical (unpaired) electrons. The minimum absolute atomic E-state index is 0.677. The molecule has 11 aromatic rings. The van der Waals surface area contributed by atoms with E-state index in [2.05, 4.69) is 148 Å². The fraction of sp³-hybridized carbons (Fsp3) is 0. The molecule has 46 heavy (non-hydrogen) atoms. The summed E-state index contributed by atoms with van der Waals surface area (Å²) in [4.78, 5) is 10.6. The van der Waals surface area contributed by atoms with Gasteiger partial charge in [-0.25, -0.2) is 9.97 Å². The molecule has 0 atom stereocenters. The van der Waals surface area contributed by atoms with Gasteiger partial charge in [-0.15, -0.1) is 0 Å². The average molecular weight is 585 g/mol. The van der Waals surface area contributed by atoms with Crippen LogP contribution in [0.4, 0.5) is 0 Å². The molecule has 11 rings (SSSR count). The molecule has 7 aromatic carbocycles. The van der Waals surface area contributed by atoms with Gasteiger partial charge in [-0.05, 0) is 29.7 Å². The van der Waals surface area contributed by atoms with Gasteiger partial charge in [0.25, 0.3) is 0 Å². The topological polar surface area (TPSA) is 35.1 Å². The van der Waals surface area contributed by atoms with Gasteiger partial charge in [0.2, 0.25) is 5.95 Å². The summed E-state index contributed by atoms with van der Waals surface area (Å²) in [7, 11) is 0. The highest BCUT2D eigenvalue weighted by molar-refractivity contribution is 6.37. The lowest BCUT2D eigenvalue weighted by Gasteiger charge is -2.12. The molecule has 0 N–H and O–H groups in total. The molecule has 0 saturated heterocycles. The number of aromatic nitrogens is 4. The van der Waals surface area contributed by atoms with E-state index in [1.165, 1.54) is 59.6 Å². The Morgan fingerprint density at radius 2 is 1.09 bits per heavy atom. The Labute approximate surface area is 262 Å². The van der Waals surface area contributed by atoms with Gasteiger partial charge in [0, 0.05) is 48.7 Å². The van der Waals surface area contributed by atoms with Crippen molar-refractivity contribution in [1.29, 1.82) is 0 Å². The lowest BCUT2D eigenvalue weighted by atomic mass is 10.0. The molecular formula is C42H24N4. The van der Waals surface area contributed by atoms with Gasteiger partial charge < -0.3 is 4.40 Å². The molecular weight excluding hydrogens is 560 g/mol. The summed E-state index contributed by atoms with van der Waals surface area (Å²) in [5.74, 6) is 0.677. The van der Waals surface area contributed by atoms with Gasteiger partial charge in [0.05, 0.1) is 38.8 Å². The van der Waals surface area contributed by atoms with Gasteiger partial charge in [-0.1, -0.05) is 121 Å². The molecule has 0 bridgehead atoms. The van der Waals surface area contributed by atoms with Crippen molar-refractivity contribution < 1.29 is 0 Å². The molecule has 0 fully saturated rings. The van der Waals surface area contributed by atoms with Crippen molar-refractivity contribution in [2.75, 3.05) is 0 Å². The molecule has 0 aliphatic carbocycles. The van der Waals surface area contributed by atoms with E-state index in [4.69, 9.17) is 9.97 Å². The second-order valence-corrected chi connectivity index (χ2v) is 12.2. The van der Waals surface area contributed by atoms with E-state index < -0.39 is 0 Å². The zero-order chi connectivity index (χ0) is 29.9. The first-order valence-corrected chi connectivity index (χ1v) is 15.7. The Kier molecular flexibility index (Phi) is 4.55. The van der Waals surface area contributed by atoms with Gasteiger partial charge in [-0.2, -0.15) is 0 Å². The lowest BCUT2D eigenvalue weighted by Crippen LogP contribution is -2.03. The average Bonchev–Trinajstić information content (AvgIpc) is 3.76. The summed E-state index contributed by atoms with van der Waals surface area (Å²) >= 11 is 0. The Morgan fingerprint density at radius 1 is 0.413 bits per heavy atom. The van der Waals surface area contributed by atoms with Crippen molar-refractivity contribution >= 4 is 81.6 Å². The summed E-state index contributed by atoms with van der Waals surface area (Å²) in [5.41, 5.74) is 8.91. The van der Waals surface area contributed by atoms with Crippen LogP contribution in [0.5, 0.6) is 0 Å². The predicted octanol–water partition coefficient (Wildman–Crippen LogP) is 10.7. The monoisotopic (exact) mass is 584 g/mol. The van der Waals surface area contributed by atoms with E-state index >= 15 is 0 Å². The van der Waals surface area contributed by atoms with Crippen molar-refractivity contribution in [3.8, 4) is 17.2 Å². The molecule has 0 aliphatic rings. The maximum absolute atomic E-state index is 5.34. The van der Waals surface area contributed by atoms with Gasteiger partial charge >= 0.3 is 0 Å². The van der Waals surface area contributed by atoms with Crippen LogP contribution in [-0.2, 0) is 0 Å². The molecule has 4 heteroatoms. The third-order valence-electron chi connectivity index (χ3n) is 9.83. The highest BCUT2D eigenvalue weighted by Crippen LogP contribution is 2.47. The predicted molar refractivity (Wildman–Crippen MR) is 191 cm³/mol. The van der Waals surface area contributed by atoms with Crippen molar-refractivity contribution in [3.05, 3.63) is 146 Å². The summed E-state index contributed by atoms with van der Waals surface area (Å²) < 4.78 is 4.79. The maximum Gasteiger partial charge on any atom is 0.235 e. The lowest BCUT2D eigenvalue weighted by molar-refractivity contribution is 1.01. The Hall–Kier alpha value is -6.26. The third kappa shape index (κ3) is 2.98. The van der Waals surface area contributed by atoms with Crippen LogP contribution in [-0.4, -0.2) is 18.9 Å². The van der Waals surface area contributed by atoms with Crippen molar-refractivity contribution in [2.24, 2.45) is 0 Å². The number of hydrogen-bond donors (Lipinski definition) is 0. The highest BCUT2D eigenvalue weighted by atomic mass is 15.2. The van der Waals surface area contributed by atoms with Crippen LogP contribution in [0.25, 0.3) is 98.8 Å². The zero-order valence-corrected chi connectivity index (χ0v) is 24.6. The van der Waals surface area contributed by atoms with Gasteiger partial charge in [0.15, 0.2) is 0 Å². The smallest absolute Gasteiger partial charge is 0.235 e. The number of para-hydroxylation sites is 3. The molecule has 0 saturated carbocycles. The van der Waals surface area contributed by atoms with Crippen LogP contribution < -0.4 is 0 Å². The van der Waals surface area contributed by atoms with Crippen molar-refractivity contribution in [1.82, 2.24) is 18.9 Å². The van der Waals surface area contributed by atoms with E-state index in [9.17, 15) is 0 Å². The first kappa shape index (κ1) is 24.1. The minimum atomic E-state index is 0.677. The fourth-order valence-corrected chi connectivity index (χ4v) is 7.96. The number of nitrogens with zero attached hydrogens (tertiary/aromatic N) is 4. The standard InChI is InChI=1S/C42H24N4/c1-2-13-26(14-3-1)39-29-16-6-9-19-33(29)43-42(44-39)45-34-20-10-7-17-30(34)37-36(45)24-32-28-23-22-25-12-4-5-15-27(25)40(28)46-35-21-11-8-18-31(35)38(37)41(32)46/h1-24H. The zero-order valence-electron chi connectivity index (χ0n) is 24.6. The Bertz CT molecular complexity index is 3020. The number of rotatable bonds is 2. The van der Waals surface area contributed by atoms with Gasteiger partial charge in [0.1, 0.15) is 0 Å². The third-order valence-corrected chi connectivity index (χ3v) is 9.83. The summed E-state index contributed by atoms with van der Waals surface area (Å²) in [5, 5.41) is 11.0. The highest BCUT2D eigenvalue weighted by Gasteiger charge is 2.25. The van der Waals surface area contributed by atoms with Crippen LogP contribution in [0.2, 0.25) is 0 Å². The first-order chi connectivity index (χ1) is 22.8. The second kappa shape index (κ2) is 8.68. The largest absolute Gasteiger partial charge is 0.307 e.